The summed E-state index contributed by atoms with van der Waals surface area (Å²) in [6, 6.07) is 3.66. The topological polar surface area (TPSA) is 46.2 Å². The van der Waals surface area contributed by atoms with Crippen molar-refractivity contribution < 1.29 is 5.11 Å². The van der Waals surface area contributed by atoms with Crippen LogP contribution in [0.1, 0.15) is 31.0 Å². The minimum Gasteiger partial charge on any atom is -0.507 e. The maximum Gasteiger partial charge on any atom is 0.124 e. The molecule has 0 unspecified atom stereocenters. The predicted octanol–water partition coefficient (Wildman–Crippen LogP) is 3.12. The van der Waals surface area contributed by atoms with Crippen molar-refractivity contribution in [2.45, 2.75) is 26.8 Å². The van der Waals surface area contributed by atoms with Gasteiger partial charge in [-0.05, 0) is 24.5 Å². The standard InChI is InChI=1S/C11H16BrNO/c1-6(2)10(13)9-8(12)5-4-7(3)11(9)14/h4-6,10,14H,13H2,1-3H3/t10-/m1/s1. The number of hydrogen-bond acceptors (Lipinski definition) is 2. The number of aromatic hydroxyl groups is 1. The summed E-state index contributed by atoms with van der Waals surface area (Å²) in [6.45, 7) is 5.95. The zero-order valence-corrected chi connectivity index (χ0v) is 10.3. The molecule has 0 aliphatic heterocycles. The largest absolute Gasteiger partial charge is 0.507 e. The number of benzene rings is 1. The summed E-state index contributed by atoms with van der Waals surface area (Å²) < 4.78 is 0.877. The smallest absolute Gasteiger partial charge is 0.124 e. The van der Waals surface area contributed by atoms with Crippen molar-refractivity contribution in [2.75, 3.05) is 0 Å². The Kier molecular flexibility index (Phi) is 3.56. The third-order valence-corrected chi connectivity index (χ3v) is 3.11. The zero-order chi connectivity index (χ0) is 10.9. The van der Waals surface area contributed by atoms with Crippen molar-refractivity contribution in [2.24, 2.45) is 11.7 Å². The quantitative estimate of drug-likeness (QED) is 0.856. The van der Waals surface area contributed by atoms with E-state index in [0.717, 1.165) is 15.6 Å². The van der Waals surface area contributed by atoms with Gasteiger partial charge in [-0.15, -0.1) is 0 Å². The summed E-state index contributed by atoms with van der Waals surface area (Å²) in [4.78, 5) is 0. The van der Waals surface area contributed by atoms with E-state index in [1.165, 1.54) is 0 Å². The molecule has 14 heavy (non-hydrogen) atoms. The number of halogens is 1. The molecule has 0 aliphatic rings. The highest BCUT2D eigenvalue weighted by molar-refractivity contribution is 9.10. The first-order valence-corrected chi connectivity index (χ1v) is 5.48. The van der Waals surface area contributed by atoms with Crippen LogP contribution in [0.3, 0.4) is 0 Å². The van der Waals surface area contributed by atoms with Crippen molar-refractivity contribution >= 4 is 15.9 Å². The van der Waals surface area contributed by atoms with E-state index in [2.05, 4.69) is 15.9 Å². The first-order valence-electron chi connectivity index (χ1n) is 4.68. The molecule has 0 aromatic heterocycles. The van der Waals surface area contributed by atoms with Crippen molar-refractivity contribution in [1.82, 2.24) is 0 Å². The summed E-state index contributed by atoms with van der Waals surface area (Å²) in [5.41, 5.74) is 7.68. The Hall–Kier alpha value is -0.540. The average molecular weight is 258 g/mol. The van der Waals surface area contributed by atoms with Crippen molar-refractivity contribution in [3.8, 4) is 5.75 Å². The summed E-state index contributed by atoms with van der Waals surface area (Å²) >= 11 is 3.41. The zero-order valence-electron chi connectivity index (χ0n) is 8.71. The number of nitrogens with two attached hydrogens (primary N) is 1. The van der Waals surface area contributed by atoms with Crippen molar-refractivity contribution in [1.29, 1.82) is 0 Å². The van der Waals surface area contributed by atoms with Gasteiger partial charge in [-0.2, -0.15) is 0 Å². The first-order chi connectivity index (χ1) is 6.45. The Morgan fingerprint density at radius 3 is 2.43 bits per heavy atom. The third-order valence-electron chi connectivity index (χ3n) is 2.42. The summed E-state index contributed by atoms with van der Waals surface area (Å²) in [6.07, 6.45) is 0. The Balaban J connectivity index is 3.25. The van der Waals surface area contributed by atoms with Crippen LogP contribution in [0.25, 0.3) is 0 Å². The molecule has 1 aromatic carbocycles. The minimum absolute atomic E-state index is 0.135. The van der Waals surface area contributed by atoms with Gasteiger partial charge in [0.2, 0.25) is 0 Å². The Morgan fingerprint density at radius 2 is 1.93 bits per heavy atom. The van der Waals surface area contributed by atoms with E-state index in [1.54, 1.807) is 0 Å². The van der Waals surface area contributed by atoms with Gasteiger partial charge in [0, 0.05) is 16.1 Å². The second kappa shape index (κ2) is 4.32. The Bertz CT molecular complexity index is 336. The SMILES string of the molecule is Cc1ccc(Br)c([C@H](N)C(C)C)c1O. The molecule has 0 heterocycles. The fourth-order valence-corrected chi connectivity index (χ4v) is 1.93. The highest BCUT2D eigenvalue weighted by atomic mass is 79.9. The van der Waals surface area contributed by atoms with Crippen LogP contribution in [-0.4, -0.2) is 5.11 Å². The van der Waals surface area contributed by atoms with Crippen LogP contribution in [0.5, 0.6) is 5.75 Å². The molecule has 1 aromatic rings. The normalized spacial score (nSPS) is 13.3. The van der Waals surface area contributed by atoms with E-state index in [1.807, 2.05) is 32.9 Å². The average Bonchev–Trinajstić information content (AvgIpc) is 2.12. The maximum absolute atomic E-state index is 9.89. The molecule has 0 bridgehead atoms. The Labute approximate surface area is 93.3 Å². The molecule has 0 saturated carbocycles. The molecule has 0 aliphatic carbocycles. The second-order valence-electron chi connectivity index (χ2n) is 3.90. The molecule has 1 atom stereocenters. The van der Waals surface area contributed by atoms with Gasteiger partial charge < -0.3 is 10.8 Å². The van der Waals surface area contributed by atoms with Crippen LogP contribution in [-0.2, 0) is 0 Å². The molecule has 0 saturated heterocycles. The van der Waals surface area contributed by atoms with Crippen molar-refractivity contribution in [3.63, 3.8) is 0 Å². The lowest BCUT2D eigenvalue weighted by Crippen LogP contribution is -2.17. The lowest BCUT2D eigenvalue weighted by molar-refractivity contribution is 0.435. The predicted molar refractivity (Wildman–Crippen MR) is 62.3 cm³/mol. The summed E-state index contributed by atoms with van der Waals surface area (Å²) in [5, 5.41) is 9.89. The molecule has 0 radical (unpaired) electrons. The van der Waals surface area contributed by atoms with E-state index in [9.17, 15) is 5.11 Å². The number of hydrogen-bond donors (Lipinski definition) is 2. The molecule has 0 fully saturated rings. The minimum atomic E-state index is -0.135. The molecular formula is C11H16BrNO. The van der Waals surface area contributed by atoms with Crippen LogP contribution < -0.4 is 5.73 Å². The number of phenols is 1. The Morgan fingerprint density at radius 1 is 1.36 bits per heavy atom. The van der Waals surface area contributed by atoms with Crippen LogP contribution in [0, 0.1) is 12.8 Å². The van der Waals surface area contributed by atoms with Crippen LogP contribution in [0.2, 0.25) is 0 Å². The van der Waals surface area contributed by atoms with Gasteiger partial charge in [0.25, 0.3) is 0 Å². The van der Waals surface area contributed by atoms with Gasteiger partial charge in [-0.3, -0.25) is 0 Å². The van der Waals surface area contributed by atoms with Crippen LogP contribution >= 0.6 is 15.9 Å². The molecule has 78 valence electrons. The van der Waals surface area contributed by atoms with Crippen LogP contribution in [0.15, 0.2) is 16.6 Å². The van der Waals surface area contributed by atoms with Crippen LogP contribution in [0.4, 0.5) is 0 Å². The number of rotatable bonds is 2. The molecular weight excluding hydrogens is 242 g/mol. The molecule has 2 nitrogen and oxygen atoms in total. The fraction of sp³-hybridized carbons (Fsp3) is 0.455. The fourth-order valence-electron chi connectivity index (χ4n) is 1.34. The number of aryl methyl sites for hydroxylation is 1. The lowest BCUT2D eigenvalue weighted by Gasteiger charge is -2.19. The molecule has 0 spiro atoms. The lowest BCUT2D eigenvalue weighted by atomic mass is 9.95. The van der Waals surface area contributed by atoms with Gasteiger partial charge in [0.15, 0.2) is 0 Å². The van der Waals surface area contributed by atoms with Gasteiger partial charge in [0.1, 0.15) is 5.75 Å². The monoisotopic (exact) mass is 257 g/mol. The summed E-state index contributed by atoms with van der Waals surface area (Å²) in [5.74, 6) is 0.611. The highest BCUT2D eigenvalue weighted by Gasteiger charge is 2.18. The second-order valence-corrected chi connectivity index (χ2v) is 4.75. The molecule has 3 heteroatoms. The maximum atomic E-state index is 9.89. The van der Waals surface area contributed by atoms with E-state index in [4.69, 9.17) is 5.73 Å². The van der Waals surface area contributed by atoms with Gasteiger partial charge in [-0.25, -0.2) is 0 Å². The van der Waals surface area contributed by atoms with E-state index >= 15 is 0 Å². The van der Waals surface area contributed by atoms with E-state index < -0.39 is 0 Å². The van der Waals surface area contributed by atoms with Gasteiger partial charge >= 0.3 is 0 Å². The number of phenolic OH excluding ortho intramolecular Hbond substituents is 1. The molecule has 0 amide bonds. The van der Waals surface area contributed by atoms with Gasteiger partial charge in [0.05, 0.1) is 0 Å². The molecule has 1 rings (SSSR count). The van der Waals surface area contributed by atoms with E-state index in [-0.39, 0.29) is 6.04 Å². The highest BCUT2D eigenvalue weighted by Crippen LogP contribution is 2.35. The first kappa shape index (κ1) is 11.5. The van der Waals surface area contributed by atoms with E-state index in [0.29, 0.717) is 11.7 Å². The van der Waals surface area contributed by atoms with Gasteiger partial charge in [-0.1, -0.05) is 35.8 Å². The third kappa shape index (κ3) is 2.10. The van der Waals surface area contributed by atoms with Crippen molar-refractivity contribution in [3.05, 3.63) is 27.7 Å². The molecule has 3 N–H and O–H groups in total. The summed E-state index contributed by atoms with van der Waals surface area (Å²) in [7, 11) is 0.